The minimum atomic E-state index is -0.334. The number of thiazole rings is 1. The molecule has 0 aliphatic carbocycles. The van der Waals surface area contributed by atoms with E-state index in [1.54, 1.807) is 17.5 Å². The number of halogens is 2. The maximum absolute atomic E-state index is 12.5. The van der Waals surface area contributed by atoms with Gasteiger partial charge in [0, 0.05) is 23.5 Å². The lowest BCUT2D eigenvalue weighted by Crippen LogP contribution is -2.49. The Morgan fingerprint density at radius 1 is 1.57 bits per heavy atom. The van der Waals surface area contributed by atoms with Crippen molar-refractivity contribution in [1.82, 2.24) is 15.6 Å². The Morgan fingerprint density at radius 2 is 2.29 bits per heavy atom. The maximum Gasteiger partial charge on any atom is 0.223 e. The molecule has 3 atom stereocenters. The zero-order valence-electron chi connectivity index (χ0n) is 12.7. The first-order chi connectivity index (χ1) is 9.05. The van der Waals surface area contributed by atoms with Crippen molar-refractivity contribution in [2.45, 2.75) is 51.6 Å². The predicted octanol–water partition coefficient (Wildman–Crippen LogP) is 3.12. The highest BCUT2D eigenvalue weighted by atomic mass is 35.5. The molecule has 122 valence electrons. The molecule has 21 heavy (non-hydrogen) atoms. The van der Waals surface area contributed by atoms with E-state index in [0.29, 0.717) is 6.04 Å². The number of carbonyl (C=O) groups is 1. The van der Waals surface area contributed by atoms with Gasteiger partial charge in [-0.3, -0.25) is 4.79 Å². The Kier molecular flexibility index (Phi) is 8.78. The summed E-state index contributed by atoms with van der Waals surface area (Å²) in [6.07, 6.45) is 4.50. The van der Waals surface area contributed by atoms with Gasteiger partial charge in [0.1, 0.15) is 5.01 Å². The molecule has 1 fully saturated rings. The minimum Gasteiger partial charge on any atom is -0.344 e. The summed E-state index contributed by atoms with van der Waals surface area (Å²) in [7, 11) is 0. The van der Waals surface area contributed by atoms with Crippen LogP contribution in [0, 0.1) is 5.92 Å². The molecule has 2 heterocycles. The first-order valence-electron chi connectivity index (χ1n) is 7.00. The lowest BCUT2D eigenvalue weighted by Gasteiger charge is -2.32. The molecule has 1 aliphatic rings. The topological polar surface area (TPSA) is 54.0 Å². The molecule has 2 rings (SSSR count). The first-order valence-corrected chi connectivity index (χ1v) is 7.88. The van der Waals surface area contributed by atoms with E-state index in [0.717, 1.165) is 30.8 Å². The van der Waals surface area contributed by atoms with Gasteiger partial charge in [0.2, 0.25) is 5.91 Å². The van der Waals surface area contributed by atoms with Crippen molar-refractivity contribution in [3.8, 4) is 0 Å². The monoisotopic (exact) mass is 353 g/mol. The van der Waals surface area contributed by atoms with E-state index in [9.17, 15) is 4.79 Å². The van der Waals surface area contributed by atoms with E-state index in [1.807, 2.05) is 5.38 Å². The zero-order chi connectivity index (χ0) is 13.9. The molecule has 1 aliphatic heterocycles. The third kappa shape index (κ3) is 5.09. The van der Waals surface area contributed by atoms with Crippen molar-refractivity contribution < 1.29 is 4.79 Å². The van der Waals surface area contributed by atoms with E-state index in [1.165, 1.54) is 0 Å². The van der Waals surface area contributed by atoms with Gasteiger partial charge in [-0.15, -0.1) is 36.2 Å². The zero-order valence-corrected chi connectivity index (χ0v) is 15.2. The molecule has 0 bridgehead atoms. The molecule has 0 saturated carbocycles. The maximum atomic E-state index is 12.5. The van der Waals surface area contributed by atoms with Crippen LogP contribution in [0.5, 0.6) is 0 Å². The summed E-state index contributed by atoms with van der Waals surface area (Å²) < 4.78 is 0. The van der Waals surface area contributed by atoms with Gasteiger partial charge in [-0.1, -0.05) is 6.92 Å². The summed E-state index contributed by atoms with van der Waals surface area (Å²) in [5.74, 6) is 0.301. The van der Waals surface area contributed by atoms with Crippen molar-refractivity contribution in [2.75, 3.05) is 6.54 Å². The van der Waals surface area contributed by atoms with Gasteiger partial charge in [-0.2, -0.15) is 0 Å². The second kappa shape index (κ2) is 8.93. The number of nitrogens with one attached hydrogen (secondary N) is 2. The lowest BCUT2D eigenvalue weighted by molar-refractivity contribution is -0.128. The fourth-order valence-electron chi connectivity index (χ4n) is 2.53. The van der Waals surface area contributed by atoms with Gasteiger partial charge in [-0.05, 0) is 39.7 Å². The molecule has 7 heteroatoms. The Labute approximate surface area is 143 Å². The molecule has 0 radical (unpaired) electrons. The molecule has 0 spiro atoms. The molecule has 2 N–H and O–H groups in total. The SMILES string of the molecule is CCC(C)(NC(=O)[C@H]1CCN[C@@H](C)C1)c1nccs1.Cl.Cl. The Bertz CT molecular complexity index is 430. The van der Waals surface area contributed by atoms with Crippen LogP contribution in [0.25, 0.3) is 0 Å². The van der Waals surface area contributed by atoms with Crippen LogP contribution in [0.3, 0.4) is 0 Å². The summed E-state index contributed by atoms with van der Waals surface area (Å²) in [4.78, 5) is 16.8. The van der Waals surface area contributed by atoms with E-state index in [2.05, 4.69) is 36.4 Å². The number of aromatic nitrogens is 1. The van der Waals surface area contributed by atoms with Crippen molar-refractivity contribution in [1.29, 1.82) is 0 Å². The predicted molar refractivity (Wildman–Crippen MR) is 92.6 cm³/mol. The summed E-state index contributed by atoms with van der Waals surface area (Å²) in [5.41, 5.74) is -0.334. The van der Waals surface area contributed by atoms with E-state index < -0.39 is 0 Å². The second-order valence-electron chi connectivity index (χ2n) is 5.59. The molecule has 4 nitrogen and oxygen atoms in total. The van der Waals surface area contributed by atoms with E-state index >= 15 is 0 Å². The molecule has 1 saturated heterocycles. The molecule has 1 aromatic rings. The van der Waals surface area contributed by atoms with Crippen LogP contribution in [0.4, 0.5) is 0 Å². The average Bonchev–Trinajstić information content (AvgIpc) is 2.93. The molecule has 1 unspecified atom stereocenters. The number of piperidine rings is 1. The highest BCUT2D eigenvalue weighted by Gasteiger charge is 2.33. The smallest absolute Gasteiger partial charge is 0.223 e. The van der Waals surface area contributed by atoms with E-state index in [-0.39, 0.29) is 42.2 Å². The quantitative estimate of drug-likeness (QED) is 0.874. The van der Waals surface area contributed by atoms with Crippen LogP contribution in [0.15, 0.2) is 11.6 Å². The third-order valence-electron chi connectivity index (χ3n) is 4.00. The van der Waals surface area contributed by atoms with Crippen LogP contribution in [0.2, 0.25) is 0 Å². The number of amides is 1. The van der Waals surface area contributed by atoms with Gasteiger partial charge in [0.25, 0.3) is 0 Å². The number of hydrogen-bond acceptors (Lipinski definition) is 4. The normalized spacial score (nSPS) is 24.1. The van der Waals surface area contributed by atoms with Crippen molar-refractivity contribution >= 4 is 42.1 Å². The number of hydrogen-bond donors (Lipinski definition) is 2. The van der Waals surface area contributed by atoms with Crippen molar-refractivity contribution in [2.24, 2.45) is 5.92 Å². The Balaban J connectivity index is 0.00000200. The van der Waals surface area contributed by atoms with Gasteiger partial charge in [0.15, 0.2) is 0 Å². The Morgan fingerprint density at radius 3 is 2.81 bits per heavy atom. The molecule has 1 aromatic heterocycles. The highest BCUT2D eigenvalue weighted by Crippen LogP contribution is 2.27. The van der Waals surface area contributed by atoms with Gasteiger partial charge in [0.05, 0.1) is 5.54 Å². The average molecular weight is 354 g/mol. The minimum absolute atomic E-state index is 0. The molecular formula is C14H25Cl2N3OS. The molecule has 1 amide bonds. The van der Waals surface area contributed by atoms with Gasteiger partial charge >= 0.3 is 0 Å². The largest absolute Gasteiger partial charge is 0.344 e. The van der Waals surface area contributed by atoms with Crippen LogP contribution in [0.1, 0.15) is 45.0 Å². The van der Waals surface area contributed by atoms with Gasteiger partial charge < -0.3 is 10.6 Å². The first kappa shape index (κ1) is 20.6. The second-order valence-corrected chi connectivity index (χ2v) is 6.48. The van der Waals surface area contributed by atoms with Crippen LogP contribution < -0.4 is 10.6 Å². The summed E-state index contributed by atoms with van der Waals surface area (Å²) in [6.45, 7) is 7.22. The standard InChI is InChI=1S/C14H23N3OS.2ClH/c1-4-14(3,13-16-7-8-19-13)17-12(18)11-5-6-15-10(2)9-11;;/h7-8,10-11,15H,4-6,9H2,1-3H3,(H,17,18);2*1H/t10-,11-,14?;;/m0../s1. The van der Waals surface area contributed by atoms with Crippen LogP contribution in [-0.4, -0.2) is 23.5 Å². The highest BCUT2D eigenvalue weighted by molar-refractivity contribution is 7.09. The van der Waals surface area contributed by atoms with E-state index in [4.69, 9.17) is 0 Å². The van der Waals surface area contributed by atoms with Crippen LogP contribution >= 0.6 is 36.2 Å². The number of carbonyl (C=O) groups excluding carboxylic acids is 1. The summed E-state index contributed by atoms with van der Waals surface area (Å²) >= 11 is 1.61. The molecular weight excluding hydrogens is 329 g/mol. The number of nitrogens with zero attached hydrogens (tertiary/aromatic N) is 1. The fourth-order valence-corrected chi connectivity index (χ4v) is 3.36. The summed E-state index contributed by atoms with van der Waals surface area (Å²) in [5, 5.41) is 9.55. The third-order valence-corrected chi connectivity index (χ3v) is 5.04. The van der Waals surface area contributed by atoms with Crippen molar-refractivity contribution in [3.05, 3.63) is 16.6 Å². The van der Waals surface area contributed by atoms with Crippen molar-refractivity contribution in [3.63, 3.8) is 0 Å². The van der Waals surface area contributed by atoms with Gasteiger partial charge in [-0.25, -0.2) is 4.98 Å². The summed E-state index contributed by atoms with van der Waals surface area (Å²) in [6, 6.07) is 0.428. The molecule has 0 aromatic carbocycles. The lowest BCUT2D eigenvalue weighted by atomic mass is 9.90. The van der Waals surface area contributed by atoms with Crippen LogP contribution in [-0.2, 0) is 10.3 Å². The Hall–Kier alpha value is -0.360. The number of rotatable bonds is 4. The fraction of sp³-hybridized carbons (Fsp3) is 0.714.